The van der Waals surface area contributed by atoms with Gasteiger partial charge in [-0.05, 0) is 24.3 Å². The monoisotopic (exact) mass is 301 g/mol. The van der Waals surface area contributed by atoms with Crippen molar-refractivity contribution in [2.24, 2.45) is 15.3 Å². The van der Waals surface area contributed by atoms with Crippen LogP contribution in [0.5, 0.6) is 0 Å². The fraction of sp³-hybridized carbons (Fsp3) is 0. The van der Waals surface area contributed by atoms with Crippen LogP contribution in [0.3, 0.4) is 0 Å². The van der Waals surface area contributed by atoms with Crippen LogP contribution >= 0.6 is 0 Å². The third-order valence-corrected chi connectivity index (χ3v) is 2.99. The predicted molar refractivity (Wildman–Crippen MR) is 91.8 cm³/mol. The van der Waals surface area contributed by atoms with Crippen LogP contribution in [0.2, 0.25) is 0 Å². The van der Waals surface area contributed by atoms with Gasteiger partial charge in [0.25, 0.3) is 0 Å². The van der Waals surface area contributed by atoms with E-state index in [-0.39, 0.29) is 0 Å². The molecule has 0 spiro atoms. The summed E-state index contributed by atoms with van der Waals surface area (Å²) in [6, 6.07) is 24.9. The molecule has 0 aliphatic heterocycles. The van der Waals surface area contributed by atoms with Gasteiger partial charge in [-0.25, -0.2) is 4.98 Å². The van der Waals surface area contributed by atoms with E-state index in [0.29, 0.717) is 11.7 Å². The third-order valence-electron chi connectivity index (χ3n) is 2.99. The Morgan fingerprint density at radius 3 is 2.17 bits per heavy atom. The summed E-state index contributed by atoms with van der Waals surface area (Å²) >= 11 is 0. The molecule has 0 saturated carbocycles. The maximum atomic E-state index is 4.36. The number of nitrogens with zero attached hydrogens (tertiary/aromatic N) is 4. The van der Waals surface area contributed by atoms with Crippen LogP contribution in [0.1, 0.15) is 5.56 Å². The maximum absolute atomic E-state index is 4.36. The Morgan fingerprint density at radius 1 is 0.783 bits per heavy atom. The first-order valence-electron chi connectivity index (χ1n) is 7.19. The van der Waals surface area contributed by atoms with E-state index in [9.17, 15) is 0 Å². The van der Waals surface area contributed by atoms with Crippen LogP contribution in [0.15, 0.2) is 100 Å². The fourth-order valence-corrected chi connectivity index (χ4v) is 1.87. The second-order valence-corrected chi connectivity index (χ2v) is 4.67. The van der Waals surface area contributed by atoms with E-state index in [1.54, 1.807) is 12.3 Å². The lowest BCUT2D eigenvalue weighted by atomic mass is 10.2. The van der Waals surface area contributed by atoms with Crippen LogP contribution in [-0.4, -0.2) is 10.8 Å². The highest BCUT2D eigenvalue weighted by atomic mass is 15.3. The molecular weight excluding hydrogens is 286 g/mol. The molecule has 0 aliphatic carbocycles. The zero-order chi connectivity index (χ0) is 15.7. The zero-order valence-electron chi connectivity index (χ0n) is 12.4. The van der Waals surface area contributed by atoms with Gasteiger partial charge in [0.15, 0.2) is 5.82 Å². The van der Waals surface area contributed by atoms with Gasteiger partial charge in [0.2, 0.25) is 5.84 Å². The third kappa shape index (κ3) is 4.31. The molecule has 3 rings (SSSR count). The summed E-state index contributed by atoms with van der Waals surface area (Å²) in [7, 11) is 0. The number of nitrogens with one attached hydrogen (secondary N) is 1. The molecule has 0 atom stereocenters. The van der Waals surface area contributed by atoms with Crippen molar-refractivity contribution in [3.63, 3.8) is 0 Å². The van der Waals surface area contributed by atoms with E-state index in [1.807, 2.05) is 72.8 Å². The molecule has 0 fully saturated rings. The second-order valence-electron chi connectivity index (χ2n) is 4.67. The van der Waals surface area contributed by atoms with Crippen molar-refractivity contribution in [2.75, 3.05) is 5.43 Å². The number of pyridine rings is 1. The standard InChI is InChI=1S/C18H15N5/c1-3-9-15(10-4-1)18(22-20-16-11-5-2-6-12-16)23-21-17-13-7-8-14-19-17/h1-14,20H/b22-18+,23-21?. The van der Waals surface area contributed by atoms with Crippen LogP contribution in [-0.2, 0) is 0 Å². The molecule has 112 valence electrons. The van der Waals surface area contributed by atoms with Crippen LogP contribution in [0.4, 0.5) is 11.5 Å². The predicted octanol–water partition coefficient (Wildman–Crippen LogP) is 4.64. The largest absolute Gasteiger partial charge is 0.276 e. The van der Waals surface area contributed by atoms with Crippen LogP contribution in [0.25, 0.3) is 0 Å². The van der Waals surface area contributed by atoms with E-state index < -0.39 is 0 Å². The molecule has 0 radical (unpaired) electrons. The fourth-order valence-electron chi connectivity index (χ4n) is 1.87. The minimum Gasteiger partial charge on any atom is -0.276 e. The molecule has 2 aromatic carbocycles. The Morgan fingerprint density at radius 2 is 1.48 bits per heavy atom. The lowest BCUT2D eigenvalue weighted by molar-refractivity contribution is 1.16. The number of para-hydroxylation sites is 1. The van der Waals surface area contributed by atoms with Crippen LogP contribution in [0, 0.1) is 0 Å². The molecule has 0 amide bonds. The number of hydrogen-bond donors (Lipinski definition) is 1. The summed E-state index contributed by atoms with van der Waals surface area (Å²) in [6.45, 7) is 0. The van der Waals surface area contributed by atoms with Gasteiger partial charge in [-0.2, -0.15) is 5.10 Å². The summed E-state index contributed by atoms with van der Waals surface area (Å²) in [5.41, 5.74) is 4.75. The molecule has 1 N–H and O–H groups in total. The zero-order valence-corrected chi connectivity index (χ0v) is 12.4. The van der Waals surface area contributed by atoms with Crippen molar-refractivity contribution in [1.29, 1.82) is 0 Å². The molecule has 5 nitrogen and oxygen atoms in total. The number of amidine groups is 1. The normalized spacial score (nSPS) is 11.6. The Bertz CT molecular complexity index is 783. The van der Waals surface area contributed by atoms with Crippen molar-refractivity contribution in [1.82, 2.24) is 4.98 Å². The number of hydrogen-bond acceptors (Lipinski definition) is 4. The highest BCUT2D eigenvalue weighted by Gasteiger charge is 2.02. The van der Waals surface area contributed by atoms with Gasteiger partial charge in [0.05, 0.1) is 5.69 Å². The molecule has 1 heterocycles. The summed E-state index contributed by atoms with van der Waals surface area (Å²) in [4.78, 5) is 4.13. The van der Waals surface area contributed by atoms with Gasteiger partial charge in [0.1, 0.15) is 0 Å². The Hall–Kier alpha value is -3.34. The molecule has 3 aromatic rings. The van der Waals surface area contributed by atoms with Crippen molar-refractivity contribution in [3.8, 4) is 0 Å². The van der Waals surface area contributed by atoms with Gasteiger partial charge in [-0.3, -0.25) is 5.43 Å². The molecular formula is C18H15N5. The topological polar surface area (TPSA) is 62.0 Å². The van der Waals surface area contributed by atoms with Crippen molar-refractivity contribution in [2.45, 2.75) is 0 Å². The average molecular weight is 301 g/mol. The summed E-state index contributed by atoms with van der Waals surface area (Å²) in [5, 5.41) is 12.7. The number of azo groups is 1. The summed E-state index contributed by atoms with van der Waals surface area (Å²) in [6.07, 6.45) is 1.68. The number of aromatic nitrogens is 1. The first-order chi connectivity index (χ1) is 11.4. The highest BCUT2D eigenvalue weighted by molar-refractivity contribution is 5.99. The molecule has 23 heavy (non-hydrogen) atoms. The average Bonchev–Trinajstić information content (AvgIpc) is 2.64. The highest BCUT2D eigenvalue weighted by Crippen LogP contribution is 2.11. The first kappa shape index (κ1) is 14.6. The van der Waals surface area contributed by atoms with E-state index in [0.717, 1.165) is 11.3 Å². The minimum atomic E-state index is 0.486. The maximum Gasteiger partial charge on any atom is 0.201 e. The van der Waals surface area contributed by atoms with E-state index in [2.05, 4.69) is 25.7 Å². The van der Waals surface area contributed by atoms with Crippen molar-refractivity contribution in [3.05, 3.63) is 90.6 Å². The molecule has 5 heteroatoms. The molecule has 0 aliphatic rings. The first-order valence-corrected chi connectivity index (χ1v) is 7.19. The summed E-state index contributed by atoms with van der Waals surface area (Å²) in [5.74, 6) is 1.02. The van der Waals surface area contributed by atoms with Gasteiger partial charge < -0.3 is 0 Å². The second kappa shape index (κ2) is 7.61. The van der Waals surface area contributed by atoms with Crippen LogP contribution < -0.4 is 5.43 Å². The Balaban J connectivity index is 1.86. The lowest BCUT2D eigenvalue weighted by Gasteiger charge is -2.03. The molecule has 0 saturated heterocycles. The van der Waals surface area contributed by atoms with Gasteiger partial charge in [0, 0.05) is 11.8 Å². The van der Waals surface area contributed by atoms with E-state index in [1.165, 1.54) is 0 Å². The molecule has 1 aromatic heterocycles. The van der Waals surface area contributed by atoms with Gasteiger partial charge >= 0.3 is 0 Å². The SMILES string of the molecule is c1ccc(N/N=C(/N=Nc2ccccn2)c2ccccc2)cc1. The molecule has 0 bridgehead atoms. The minimum absolute atomic E-state index is 0.486. The Kier molecular flexibility index (Phi) is 4.83. The van der Waals surface area contributed by atoms with Gasteiger partial charge in [-0.1, -0.05) is 54.6 Å². The smallest absolute Gasteiger partial charge is 0.201 e. The number of anilines is 1. The Labute approximate surface area is 134 Å². The van der Waals surface area contributed by atoms with E-state index in [4.69, 9.17) is 0 Å². The number of rotatable bonds is 4. The van der Waals surface area contributed by atoms with Gasteiger partial charge in [-0.15, -0.1) is 10.2 Å². The van der Waals surface area contributed by atoms with E-state index >= 15 is 0 Å². The summed E-state index contributed by atoms with van der Waals surface area (Å²) < 4.78 is 0. The quantitative estimate of drug-likeness (QED) is 0.330. The molecule has 0 unspecified atom stereocenters. The van der Waals surface area contributed by atoms with Crippen molar-refractivity contribution >= 4 is 17.3 Å². The lowest BCUT2D eigenvalue weighted by Crippen LogP contribution is -2.01. The van der Waals surface area contributed by atoms with Crippen molar-refractivity contribution < 1.29 is 0 Å². The number of hydrazone groups is 1. The number of benzene rings is 2.